The number of imidazole rings is 1. The van der Waals surface area contributed by atoms with Crippen LogP contribution in [0.1, 0.15) is 5.56 Å². The van der Waals surface area contributed by atoms with E-state index in [-0.39, 0.29) is 5.75 Å². The third kappa shape index (κ3) is 2.20. The van der Waals surface area contributed by atoms with Gasteiger partial charge in [0.2, 0.25) is 0 Å². The summed E-state index contributed by atoms with van der Waals surface area (Å²) in [5, 5.41) is 0.393. The molecule has 0 spiro atoms. The van der Waals surface area contributed by atoms with Crippen molar-refractivity contribution >= 4 is 42.9 Å². The van der Waals surface area contributed by atoms with Crippen LogP contribution in [0.25, 0.3) is 11.0 Å². The smallest absolute Gasteiger partial charge is 0.387 e. The largest absolute Gasteiger partial charge is 0.434 e. The number of aromatic nitrogens is 2. The van der Waals surface area contributed by atoms with Gasteiger partial charge in [-0.05, 0) is 28.1 Å². The summed E-state index contributed by atoms with van der Waals surface area (Å²) >= 11 is 6.43. The van der Waals surface area contributed by atoms with Crippen molar-refractivity contribution in [2.24, 2.45) is 0 Å². The molecule has 0 saturated heterocycles. The predicted octanol–water partition coefficient (Wildman–Crippen LogP) is 3.82. The van der Waals surface area contributed by atoms with Gasteiger partial charge < -0.3 is 9.72 Å². The highest BCUT2D eigenvalue weighted by molar-refractivity contribution is 9.10. The number of benzene rings is 1. The third-order valence-electron chi connectivity index (χ3n) is 2.04. The Hall–Kier alpha value is -0.690. The maximum Gasteiger partial charge on any atom is 0.387 e. The van der Waals surface area contributed by atoms with E-state index >= 15 is 0 Å². The fourth-order valence-electron chi connectivity index (χ4n) is 1.42. The maximum absolute atomic E-state index is 12.2. The molecule has 1 aromatic carbocycles. The van der Waals surface area contributed by atoms with Crippen LogP contribution in [0.2, 0.25) is 0 Å². The van der Waals surface area contributed by atoms with Gasteiger partial charge >= 0.3 is 6.61 Å². The van der Waals surface area contributed by atoms with E-state index in [4.69, 9.17) is 0 Å². The molecule has 2 rings (SSSR count). The molecule has 0 aliphatic rings. The second kappa shape index (κ2) is 4.67. The number of hydrogen-bond acceptors (Lipinski definition) is 2. The molecule has 1 aromatic heterocycles. The molecule has 0 unspecified atom stereocenters. The number of rotatable bonds is 3. The van der Waals surface area contributed by atoms with Gasteiger partial charge in [-0.1, -0.05) is 15.9 Å². The Morgan fingerprint density at radius 3 is 2.81 bits per heavy atom. The van der Waals surface area contributed by atoms with Gasteiger partial charge in [0, 0.05) is 10.9 Å². The zero-order valence-corrected chi connectivity index (χ0v) is 11.0. The van der Waals surface area contributed by atoms with Crippen LogP contribution < -0.4 is 4.74 Å². The molecular formula is C9H6Br2F2N2O. The summed E-state index contributed by atoms with van der Waals surface area (Å²) < 4.78 is 29.3. The first-order chi connectivity index (χ1) is 7.61. The fourth-order valence-corrected chi connectivity index (χ4v) is 2.35. The van der Waals surface area contributed by atoms with Crippen LogP contribution in [0.5, 0.6) is 5.75 Å². The Kier molecular flexibility index (Phi) is 3.44. The third-order valence-corrected chi connectivity index (χ3v) is 2.97. The monoisotopic (exact) mass is 354 g/mol. The molecule has 0 atom stereocenters. The number of nitrogens with one attached hydrogen (secondary N) is 1. The van der Waals surface area contributed by atoms with Crippen molar-refractivity contribution in [2.45, 2.75) is 11.9 Å². The molecule has 0 saturated carbocycles. The van der Waals surface area contributed by atoms with Gasteiger partial charge in [0.25, 0.3) is 0 Å². The van der Waals surface area contributed by atoms with Gasteiger partial charge in [0.1, 0.15) is 5.75 Å². The van der Waals surface area contributed by atoms with E-state index in [1.54, 1.807) is 6.07 Å². The summed E-state index contributed by atoms with van der Waals surface area (Å²) in [7, 11) is 0. The van der Waals surface area contributed by atoms with Gasteiger partial charge in [0.15, 0.2) is 4.73 Å². The van der Waals surface area contributed by atoms with Gasteiger partial charge in [-0.3, -0.25) is 0 Å². The summed E-state index contributed by atoms with van der Waals surface area (Å²) in [5.74, 6) is 0.137. The second-order valence-electron chi connectivity index (χ2n) is 2.98. The normalized spacial score (nSPS) is 11.3. The summed E-state index contributed by atoms with van der Waals surface area (Å²) in [6.07, 6.45) is 0. The Morgan fingerprint density at radius 1 is 1.44 bits per heavy atom. The number of hydrogen-bond donors (Lipinski definition) is 1. The predicted molar refractivity (Wildman–Crippen MR) is 63.1 cm³/mol. The number of aromatic amines is 1. The van der Waals surface area contributed by atoms with Crippen LogP contribution >= 0.6 is 31.9 Å². The van der Waals surface area contributed by atoms with Gasteiger partial charge in [-0.15, -0.1) is 0 Å². The quantitative estimate of drug-likeness (QED) is 0.850. The highest BCUT2D eigenvalue weighted by atomic mass is 79.9. The lowest BCUT2D eigenvalue weighted by Gasteiger charge is -2.08. The number of nitrogens with zero attached hydrogens (tertiary/aromatic N) is 1. The molecule has 16 heavy (non-hydrogen) atoms. The molecule has 86 valence electrons. The van der Waals surface area contributed by atoms with E-state index in [1.807, 2.05) is 0 Å². The molecule has 0 aliphatic heterocycles. The minimum atomic E-state index is -2.84. The van der Waals surface area contributed by atoms with E-state index in [1.165, 1.54) is 6.07 Å². The molecule has 1 N–H and O–H groups in total. The van der Waals surface area contributed by atoms with Crippen molar-refractivity contribution < 1.29 is 13.5 Å². The molecule has 7 heteroatoms. The number of halogens is 4. The summed E-state index contributed by atoms with van der Waals surface area (Å²) in [6.45, 7) is -2.84. The zero-order chi connectivity index (χ0) is 11.7. The van der Waals surface area contributed by atoms with Gasteiger partial charge in [0.05, 0.1) is 11.0 Å². The van der Waals surface area contributed by atoms with E-state index in [2.05, 4.69) is 46.6 Å². The Bertz CT molecular complexity index is 515. The highest BCUT2D eigenvalue weighted by Crippen LogP contribution is 2.30. The molecule has 0 bridgehead atoms. The molecular weight excluding hydrogens is 350 g/mol. The van der Waals surface area contributed by atoms with Crippen molar-refractivity contribution in [3.05, 3.63) is 22.4 Å². The number of alkyl halides is 3. The lowest BCUT2D eigenvalue weighted by Crippen LogP contribution is -2.04. The number of fused-ring (bicyclic) bond motifs is 1. The van der Waals surface area contributed by atoms with Crippen molar-refractivity contribution in [2.75, 3.05) is 0 Å². The Morgan fingerprint density at radius 2 is 2.19 bits per heavy atom. The van der Waals surface area contributed by atoms with E-state index < -0.39 is 6.61 Å². The van der Waals surface area contributed by atoms with Crippen LogP contribution in [-0.4, -0.2) is 16.6 Å². The number of ether oxygens (including phenoxy) is 1. The first kappa shape index (κ1) is 11.8. The average Bonchev–Trinajstić information content (AvgIpc) is 2.57. The molecule has 1 heterocycles. The van der Waals surface area contributed by atoms with Crippen molar-refractivity contribution in [1.29, 1.82) is 0 Å². The summed E-state index contributed by atoms with van der Waals surface area (Å²) in [5.41, 5.74) is 1.98. The van der Waals surface area contributed by atoms with Crippen molar-refractivity contribution in [3.63, 3.8) is 0 Å². The molecule has 3 nitrogen and oxygen atoms in total. The SMILES string of the molecule is FC(F)Oc1ccc2[nH]c(Br)nc2c1CBr. The molecule has 0 fully saturated rings. The maximum atomic E-state index is 12.2. The molecule has 0 radical (unpaired) electrons. The summed E-state index contributed by atoms with van der Waals surface area (Å²) in [6, 6.07) is 3.15. The minimum absolute atomic E-state index is 0.137. The van der Waals surface area contributed by atoms with Crippen LogP contribution in [0.4, 0.5) is 8.78 Å². The van der Waals surface area contributed by atoms with Crippen LogP contribution in [0.3, 0.4) is 0 Å². The standard InChI is InChI=1S/C9H6Br2F2N2O/c10-3-4-6(16-9(12)13)2-1-5-7(4)15-8(11)14-5/h1-2,9H,3H2,(H,14,15). The molecule has 2 aromatic rings. The van der Waals surface area contributed by atoms with Gasteiger partial charge in [-0.25, -0.2) is 4.98 Å². The van der Waals surface area contributed by atoms with Gasteiger partial charge in [-0.2, -0.15) is 8.78 Å². The number of H-pyrrole nitrogens is 1. The van der Waals surface area contributed by atoms with E-state index in [9.17, 15) is 8.78 Å². The lowest BCUT2D eigenvalue weighted by atomic mass is 10.2. The van der Waals surface area contributed by atoms with E-state index in [0.717, 1.165) is 5.52 Å². The minimum Gasteiger partial charge on any atom is -0.434 e. The zero-order valence-electron chi connectivity index (χ0n) is 7.81. The van der Waals surface area contributed by atoms with Crippen molar-refractivity contribution in [3.8, 4) is 5.75 Å². The molecule has 0 aliphatic carbocycles. The molecule has 0 amide bonds. The highest BCUT2D eigenvalue weighted by Gasteiger charge is 2.14. The first-order valence-corrected chi connectivity index (χ1v) is 6.21. The van der Waals surface area contributed by atoms with Crippen LogP contribution in [0.15, 0.2) is 16.9 Å². The van der Waals surface area contributed by atoms with Crippen LogP contribution in [0, 0.1) is 0 Å². The Labute approximate surface area is 106 Å². The summed E-state index contributed by atoms with van der Waals surface area (Å²) in [4.78, 5) is 7.11. The lowest BCUT2D eigenvalue weighted by molar-refractivity contribution is -0.0502. The van der Waals surface area contributed by atoms with E-state index in [0.29, 0.717) is 21.1 Å². The topological polar surface area (TPSA) is 37.9 Å². The first-order valence-electron chi connectivity index (χ1n) is 4.29. The second-order valence-corrected chi connectivity index (χ2v) is 4.29. The fraction of sp³-hybridized carbons (Fsp3) is 0.222. The van der Waals surface area contributed by atoms with Crippen molar-refractivity contribution in [1.82, 2.24) is 9.97 Å². The van der Waals surface area contributed by atoms with Crippen LogP contribution in [-0.2, 0) is 5.33 Å². The Balaban J connectivity index is 2.57. The average molecular weight is 356 g/mol.